The Morgan fingerprint density at radius 3 is 2.48 bits per heavy atom. The molecule has 112 valence electrons. The highest BCUT2D eigenvalue weighted by Gasteiger charge is 2.04. The van der Waals surface area contributed by atoms with Gasteiger partial charge in [-0.05, 0) is 58.7 Å². The van der Waals surface area contributed by atoms with Gasteiger partial charge in [0.2, 0.25) is 0 Å². The van der Waals surface area contributed by atoms with Crippen LogP contribution in [0, 0.1) is 18.3 Å². The fourth-order valence-electron chi connectivity index (χ4n) is 2.70. The SMILES string of the molecule is COc1ccc(/C=C(/C#N)c2ccc3ccccc3c2)cc1C. The van der Waals surface area contributed by atoms with Crippen LogP contribution in [0.25, 0.3) is 22.4 Å². The molecule has 3 aromatic rings. The fraction of sp³-hybridized carbons (Fsp3) is 0.0952. The first-order valence-corrected chi connectivity index (χ1v) is 7.47. The Balaban J connectivity index is 2.04. The zero-order valence-electron chi connectivity index (χ0n) is 13.2. The van der Waals surface area contributed by atoms with Crippen LogP contribution < -0.4 is 4.74 Å². The first-order chi connectivity index (χ1) is 11.2. The largest absolute Gasteiger partial charge is 0.496 e. The van der Waals surface area contributed by atoms with Crippen LogP contribution in [0.2, 0.25) is 0 Å². The van der Waals surface area contributed by atoms with Gasteiger partial charge < -0.3 is 4.74 Å². The molecule has 0 aromatic heterocycles. The summed E-state index contributed by atoms with van der Waals surface area (Å²) in [6.45, 7) is 2.00. The lowest BCUT2D eigenvalue weighted by atomic mass is 9.99. The van der Waals surface area contributed by atoms with Crippen LogP contribution >= 0.6 is 0 Å². The van der Waals surface area contributed by atoms with E-state index in [2.05, 4.69) is 30.3 Å². The maximum atomic E-state index is 9.54. The Labute approximate surface area is 136 Å². The minimum atomic E-state index is 0.653. The molecule has 0 aliphatic heterocycles. The lowest BCUT2D eigenvalue weighted by molar-refractivity contribution is 0.411. The van der Waals surface area contributed by atoms with Crippen LogP contribution in [-0.4, -0.2) is 7.11 Å². The average Bonchev–Trinajstić information content (AvgIpc) is 2.59. The molecule has 0 heterocycles. The zero-order valence-corrected chi connectivity index (χ0v) is 13.2. The molecule has 23 heavy (non-hydrogen) atoms. The van der Waals surface area contributed by atoms with E-state index in [1.807, 2.05) is 49.4 Å². The Morgan fingerprint density at radius 1 is 1.00 bits per heavy atom. The van der Waals surface area contributed by atoms with Gasteiger partial charge >= 0.3 is 0 Å². The van der Waals surface area contributed by atoms with Gasteiger partial charge in [0.15, 0.2) is 0 Å². The second kappa shape index (κ2) is 6.37. The van der Waals surface area contributed by atoms with Crippen molar-refractivity contribution in [1.29, 1.82) is 5.26 Å². The number of rotatable bonds is 3. The van der Waals surface area contributed by atoms with Crippen molar-refractivity contribution in [2.45, 2.75) is 6.92 Å². The summed E-state index contributed by atoms with van der Waals surface area (Å²) in [5.74, 6) is 0.853. The molecule has 0 saturated heterocycles. The molecule has 0 saturated carbocycles. The van der Waals surface area contributed by atoms with E-state index < -0.39 is 0 Å². The van der Waals surface area contributed by atoms with Gasteiger partial charge in [0.05, 0.1) is 18.8 Å². The van der Waals surface area contributed by atoms with Gasteiger partial charge in [0, 0.05) is 0 Å². The van der Waals surface area contributed by atoms with Crippen LogP contribution in [0.5, 0.6) is 5.75 Å². The van der Waals surface area contributed by atoms with Gasteiger partial charge in [-0.3, -0.25) is 0 Å². The highest BCUT2D eigenvalue weighted by Crippen LogP contribution is 2.25. The molecule has 0 aliphatic rings. The van der Waals surface area contributed by atoms with Crippen LogP contribution in [0.1, 0.15) is 16.7 Å². The fourth-order valence-corrected chi connectivity index (χ4v) is 2.70. The first-order valence-electron chi connectivity index (χ1n) is 7.47. The topological polar surface area (TPSA) is 33.0 Å². The summed E-state index contributed by atoms with van der Waals surface area (Å²) in [5, 5.41) is 11.9. The van der Waals surface area contributed by atoms with E-state index >= 15 is 0 Å². The molecule has 0 spiro atoms. The lowest BCUT2D eigenvalue weighted by Gasteiger charge is -2.06. The van der Waals surface area contributed by atoms with Crippen molar-refractivity contribution in [1.82, 2.24) is 0 Å². The zero-order chi connectivity index (χ0) is 16.2. The molecule has 0 unspecified atom stereocenters. The van der Waals surface area contributed by atoms with Crippen molar-refractivity contribution in [2.75, 3.05) is 7.11 Å². The van der Waals surface area contributed by atoms with Crippen LogP contribution in [0.4, 0.5) is 0 Å². The highest BCUT2D eigenvalue weighted by atomic mass is 16.5. The molecule has 2 heteroatoms. The van der Waals surface area contributed by atoms with Crippen molar-refractivity contribution in [3.8, 4) is 11.8 Å². The number of allylic oxidation sites excluding steroid dienone is 1. The van der Waals surface area contributed by atoms with Gasteiger partial charge in [-0.25, -0.2) is 0 Å². The smallest absolute Gasteiger partial charge is 0.121 e. The normalized spacial score (nSPS) is 11.3. The molecule has 0 aliphatic carbocycles. The van der Waals surface area contributed by atoms with Gasteiger partial charge in [-0.1, -0.05) is 42.5 Å². The third-order valence-electron chi connectivity index (χ3n) is 3.91. The highest BCUT2D eigenvalue weighted by molar-refractivity contribution is 5.94. The molecular weight excluding hydrogens is 282 g/mol. The predicted octanol–water partition coefficient (Wildman–Crippen LogP) is 5.22. The number of fused-ring (bicyclic) bond motifs is 1. The predicted molar refractivity (Wildman–Crippen MR) is 95.2 cm³/mol. The number of nitriles is 1. The van der Waals surface area contributed by atoms with Crippen molar-refractivity contribution in [2.24, 2.45) is 0 Å². The van der Waals surface area contributed by atoms with Crippen LogP contribution in [0.15, 0.2) is 60.7 Å². The first kappa shape index (κ1) is 14.9. The van der Waals surface area contributed by atoms with Crippen molar-refractivity contribution >= 4 is 22.4 Å². The summed E-state index contributed by atoms with van der Waals surface area (Å²) in [4.78, 5) is 0. The molecule has 0 amide bonds. The van der Waals surface area contributed by atoms with Crippen molar-refractivity contribution in [3.05, 3.63) is 77.4 Å². The standard InChI is InChI=1S/C21H17NO/c1-15-11-16(7-10-21(15)23-2)12-20(14-22)19-9-8-17-5-3-4-6-18(17)13-19/h3-13H,1-2H3/b20-12-. The van der Waals surface area contributed by atoms with Gasteiger partial charge in [-0.2, -0.15) is 5.26 Å². The summed E-state index contributed by atoms with van der Waals surface area (Å²) >= 11 is 0. The number of ether oxygens (including phenoxy) is 1. The molecule has 0 atom stereocenters. The summed E-state index contributed by atoms with van der Waals surface area (Å²) in [6, 6.07) is 22.5. The van der Waals surface area contributed by atoms with Gasteiger partial charge in [0.25, 0.3) is 0 Å². The summed E-state index contributed by atoms with van der Waals surface area (Å²) in [6.07, 6.45) is 1.91. The second-order valence-electron chi connectivity index (χ2n) is 5.46. The number of methoxy groups -OCH3 is 1. The Bertz CT molecular complexity index is 932. The molecule has 2 nitrogen and oxygen atoms in total. The molecule has 0 N–H and O–H groups in total. The van der Waals surface area contributed by atoms with E-state index in [1.165, 1.54) is 5.39 Å². The van der Waals surface area contributed by atoms with Gasteiger partial charge in [-0.15, -0.1) is 0 Å². The van der Waals surface area contributed by atoms with E-state index in [1.54, 1.807) is 7.11 Å². The minimum absolute atomic E-state index is 0.653. The molecule has 3 aromatic carbocycles. The van der Waals surface area contributed by atoms with Gasteiger partial charge in [0.1, 0.15) is 5.75 Å². The quantitative estimate of drug-likeness (QED) is 0.490. The number of nitrogens with zero attached hydrogens (tertiary/aromatic N) is 1. The summed E-state index contributed by atoms with van der Waals surface area (Å²) in [5.41, 5.74) is 3.63. The van der Waals surface area contributed by atoms with Crippen LogP contribution in [0.3, 0.4) is 0 Å². The third kappa shape index (κ3) is 3.09. The average molecular weight is 299 g/mol. The minimum Gasteiger partial charge on any atom is -0.496 e. The molecule has 0 bridgehead atoms. The van der Waals surface area contributed by atoms with E-state index in [-0.39, 0.29) is 0 Å². The molecule has 0 radical (unpaired) electrons. The van der Waals surface area contributed by atoms with E-state index in [9.17, 15) is 5.26 Å². The van der Waals surface area contributed by atoms with E-state index in [4.69, 9.17) is 4.74 Å². The monoisotopic (exact) mass is 299 g/mol. The Morgan fingerprint density at radius 2 is 1.78 bits per heavy atom. The van der Waals surface area contributed by atoms with Crippen molar-refractivity contribution < 1.29 is 4.74 Å². The number of hydrogen-bond acceptors (Lipinski definition) is 2. The molecular formula is C21H17NO. The maximum absolute atomic E-state index is 9.54. The number of aryl methyl sites for hydroxylation is 1. The lowest BCUT2D eigenvalue weighted by Crippen LogP contribution is -1.88. The maximum Gasteiger partial charge on any atom is 0.121 e. The van der Waals surface area contributed by atoms with E-state index in [0.29, 0.717) is 5.57 Å². The molecule has 3 rings (SSSR count). The van der Waals surface area contributed by atoms with Crippen molar-refractivity contribution in [3.63, 3.8) is 0 Å². The van der Waals surface area contributed by atoms with Crippen LogP contribution in [-0.2, 0) is 0 Å². The summed E-state index contributed by atoms with van der Waals surface area (Å²) < 4.78 is 5.28. The molecule has 0 fully saturated rings. The Kier molecular flexibility index (Phi) is 4.12. The number of benzene rings is 3. The Hall–Kier alpha value is -3.05. The summed E-state index contributed by atoms with van der Waals surface area (Å²) in [7, 11) is 1.66. The third-order valence-corrected chi connectivity index (χ3v) is 3.91. The van der Waals surface area contributed by atoms with E-state index in [0.717, 1.165) is 27.8 Å². The second-order valence-corrected chi connectivity index (χ2v) is 5.46. The number of hydrogen-bond donors (Lipinski definition) is 0.